The largest absolute Gasteiger partial charge is 0.353 e. The Balaban J connectivity index is 1.57. The minimum atomic E-state index is 0.0647. The monoisotopic (exact) mass is 370 g/mol. The molecule has 1 aliphatic carbocycles. The van der Waals surface area contributed by atoms with Gasteiger partial charge in [0, 0.05) is 23.0 Å². The van der Waals surface area contributed by atoms with Gasteiger partial charge in [0.05, 0.1) is 5.75 Å². The minimum Gasteiger partial charge on any atom is -0.353 e. The zero-order valence-electron chi connectivity index (χ0n) is 13.6. The highest BCUT2D eigenvalue weighted by molar-refractivity contribution is 7.99. The summed E-state index contributed by atoms with van der Waals surface area (Å²) in [6.07, 6.45) is 2.93. The molecule has 1 saturated carbocycles. The summed E-state index contributed by atoms with van der Waals surface area (Å²) in [5.41, 5.74) is 1.02. The molecule has 1 N–H and O–H groups in total. The van der Waals surface area contributed by atoms with Crippen LogP contribution in [0.15, 0.2) is 53.0 Å². The second kappa shape index (κ2) is 7.41. The molecule has 0 atom stereocenters. The Bertz CT molecular complexity index is 841. The van der Waals surface area contributed by atoms with E-state index in [-0.39, 0.29) is 5.91 Å². The van der Waals surface area contributed by atoms with E-state index in [4.69, 9.17) is 0 Å². The molecule has 3 aromatic rings. The minimum absolute atomic E-state index is 0.0647. The van der Waals surface area contributed by atoms with Gasteiger partial charge in [-0.2, -0.15) is 0 Å². The lowest BCUT2D eigenvalue weighted by molar-refractivity contribution is -0.118. The van der Waals surface area contributed by atoms with Crippen LogP contribution in [-0.4, -0.2) is 32.5 Å². The maximum atomic E-state index is 12.0. The number of thiophene rings is 1. The quantitative estimate of drug-likeness (QED) is 0.649. The molecule has 1 aromatic carbocycles. The standard InChI is InChI=1S/C18H18N4OS2/c23-17(19-13-8-9-13)12-25-18-21-20-16(11-15-7-4-10-24-15)22(18)14-5-2-1-3-6-14/h1-7,10,13H,8-9,11-12H2,(H,19,23). The van der Waals surface area contributed by atoms with Gasteiger partial charge in [0.1, 0.15) is 5.82 Å². The zero-order chi connectivity index (χ0) is 17.1. The van der Waals surface area contributed by atoms with E-state index in [9.17, 15) is 4.79 Å². The van der Waals surface area contributed by atoms with Gasteiger partial charge in [-0.25, -0.2) is 0 Å². The molecule has 2 aromatic heterocycles. The van der Waals surface area contributed by atoms with Gasteiger partial charge in [-0.3, -0.25) is 9.36 Å². The molecule has 128 valence electrons. The predicted molar refractivity (Wildman–Crippen MR) is 100 cm³/mol. The highest BCUT2D eigenvalue weighted by Crippen LogP contribution is 2.25. The van der Waals surface area contributed by atoms with Crippen LogP contribution in [0.5, 0.6) is 0 Å². The highest BCUT2D eigenvalue weighted by atomic mass is 32.2. The van der Waals surface area contributed by atoms with Crippen molar-refractivity contribution in [3.8, 4) is 5.69 Å². The van der Waals surface area contributed by atoms with Crippen LogP contribution in [0.2, 0.25) is 0 Å². The van der Waals surface area contributed by atoms with Crippen molar-refractivity contribution < 1.29 is 4.79 Å². The van der Waals surface area contributed by atoms with Crippen LogP contribution in [0.25, 0.3) is 5.69 Å². The number of rotatable bonds is 7. The summed E-state index contributed by atoms with van der Waals surface area (Å²) in [4.78, 5) is 13.2. The lowest BCUT2D eigenvalue weighted by atomic mass is 10.3. The Hall–Kier alpha value is -2.12. The first-order valence-electron chi connectivity index (χ1n) is 8.24. The first-order chi connectivity index (χ1) is 12.3. The van der Waals surface area contributed by atoms with E-state index in [0.717, 1.165) is 35.9 Å². The van der Waals surface area contributed by atoms with Crippen molar-refractivity contribution in [1.82, 2.24) is 20.1 Å². The Morgan fingerprint density at radius 2 is 2.04 bits per heavy atom. The maximum absolute atomic E-state index is 12.0. The van der Waals surface area contributed by atoms with Gasteiger partial charge in [-0.15, -0.1) is 21.5 Å². The molecule has 1 fully saturated rings. The van der Waals surface area contributed by atoms with Gasteiger partial charge in [0.15, 0.2) is 5.16 Å². The van der Waals surface area contributed by atoms with Crippen molar-refractivity contribution in [3.63, 3.8) is 0 Å². The van der Waals surface area contributed by atoms with Gasteiger partial charge in [0.25, 0.3) is 0 Å². The molecule has 0 saturated heterocycles. The van der Waals surface area contributed by atoms with Crippen molar-refractivity contribution in [3.05, 3.63) is 58.5 Å². The molecule has 0 aliphatic heterocycles. The number of amides is 1. The summed E-state index contributed by atoms with van der Waals surface area (Å²) in [6, 6.07) is 14.6. The topological polar surface area (TPSA) is 59.8 Å². The van der Waals surface area contributed by atoms with Crippen molar-refractivity contribution in [2.45, 2.75) is 30.5 Å². The van der Waals surface area contributed by atoms with Crippen LogP contribution in [-0.2, 0) is 11.2 Å². The SMILES string of the molecule is O=C(CSc1nnc(Cc2cccs2)n1-c1ccccc1)NC1CC1. The Morgan fingerprint density at radius 3 is 2.76 bits per heavy atom. The maximum Gasteiger partial charge on any atom is 0.230 e. The molecule has 0 bridgehead atoms. The van der Waals surface area contributed by atoms with E-state index in [1.807, 2.05) is 36.4 Å². The molecular formula is C18H18N4OS2. The number of para-hydroxylation sites is 1. The van der Waals surface area contributed by atoms with E-state index < -0.39 is 0 Å². The van der Waals surface area contributed by atoms with Gasteiger partial charge < -0.3 is 5.32 Å². The summed E-state index contributed by atoms with van der Waals surface area (Å²) in [6.45, 7) is 0. The van der Waals surface area contributed by atoms with Crippen LogP contribution in [0.3, 0.4) is 0 Å². The molecule has 2 heterocycles. The molecule has 0 unspecified atom stereocenters. The third kappa shape index (κ3) is 4.11. The van der Waals surface area contributed by atoms with E-state index in [0.29, 0.717) is 11.8 Å². The fraction of sp³-hybridized carbons (Fsp3) is 0.278. The van der Waals surface area contributed by atoms with E-state index in [1.165, 1.54) is 16.6 Å². The summed E-state index contributed by atoms with van der Waals surface area (Å²) < 4.78 is 2.05. The van der Waals surface area contributed by atoms with Crippen LogP contribution in [0.1, 0.15) is 23.5 Å². The highest BCUT2D eigenvalue weighted by Gasteiger charge is 2.23. The summed E-state index contributed by atoms with van der Waals surface area (Å²) in [5, 5.41) is 14.6. The normalized spacial score (nSPS) is 13.8. The van der Waals surface area contributed by atoms with Crippen LogP contribution < -0.4 is 5.32 Å². The second-order valence-corrected chi connectivity index (χ2v) is 7.93. The third-order valence-electron chi connectivity index (χ3n) is 3.90. The first kappa shape index (κ1) is 16.4. The summed E-state index contributed by atoms with van der Waals surface area (Å²) in [5.74, 6) is 1.31. The third-order valence-corrected chi connectivity index (χ3v) is 5.71. The number of nitrogens with one attached hydrogen (secondary N) is 1. The first-order valence-corrected chi connectivity index (χ1v) is 10.1. The predicted octanol–water partition coefficient (Wildman–Crippen LogP) is 3.29. The number of hydrogen-bond acceptors (Lipinski definition) is 5. The number of benzene rings is 1. The average molecular weight is 371 g/mol. The van der Waals surface area contributed by atoms with E-state index in [2.05, 4.69) is 31.5 Å². The number of carbonyl (C=O) groups is 1. The number of thioether (sulfide) groups is 1. The molecule has 1 aliphatic rings. The van der Waals surface area contributed by atoms with Crippen molar-refractivity contribution in [1.29, 1.82) is 0 Å². The molecule has 0 spiro atoms. The molecule has 25 heavy (non-hydrogen) atoms. The zero-order valence-corrected chi connectivity index (χ0v) is 15.2. The number of carbonyl (C=O) groups excluding carboxylic acids is 1. The lowest BCUT2D eigenvalue weighted by Gasteiger charge is -2.10. The van der Waals surface area contributed by atoms with Crippen molar-refractivity contribution >= 4 is 29.0 Å². The fourth-order valence-corrected chi connectivity index (χ4v) is 4.02. The molecule has 0 radical (unpaired) electrons. The Labute approximate surface area is 154 Å². The van der Waals surface area contributed by atoms with Crippen LogP contribution in [0.4, 0.5) is 0 Å². The van der Waals surface area contributed by atoms with Gasteiger partial charge in [-0.1, -0.05) is 36.0 Å². The van der Waals surface area contributed by atoms with Crippen LogP contribution in [0, 0.1) is 0 Å². The van der Waals surface area contributed by atoms with Crippen LogP contribution >= 0.6 is 23.1 Å². The molecular weight excluding hydrogens is 352 g/mol. The average Bonchev–Trinajstić information content (AvgIpc) is 3.13. The van der Waals surface area contributed by atoms with Crippen molar-refractivity contribution in [2.75, 3.05) is 5.75 Å². The Kier molecular flexibility index (Phi) is 4.85. The Morgan fingerprint density at radius 1 is 1.20 bits per heavy atom. The lowest BCUT2D eigenvalue weighted by Crippen LogP contribution is -2.27. The smallest absolute Gasteiger partial charge is 0.230 e. The van der Waals surface area contributed by atoms with E-state index >= 15 is 0 Å². The summed E-state index contributed by atoms with van der Waals surface area (Å²) >= 11 is 3.14. The van der Waals surface area contributed by atoms with Gasteiger partial charge in [0.2, 0.25) is 5.91 Å². The molecule has 7 heteroatoms. The number of aromatic nitrogens is 3. The molecule has 5 nitrogen and oxygen atoms in total. The number of hydrogen-bond donors (Lipinski definition) is 1. The number of nitrogens with zero attached hydrogens (tertiary/aromatic N) is 3. The van der Waals surface area contributed by atoms with Gasteiger partial charge >= 0.3 is 0 Å². The van der Waals surface area contributed by atoms with Crippen molar-refractivity contribution in [2.24, 2.45) is 0 Å². The molecule has 1 amide bonds. The van der Waals surface area contributed by atoms with Gasteiger partial charge in [-0.05, 0) is 36.4 Å². The van der Waals surface area contributed by atoms with E-state index in [1.54, 1.807) is 11.3 Å². The molecule has 4 rings (SSSR count). The second-order valence-electron chi connectivity index (χ2n) is 5.96. The fourth-order valence-electron chi connectivity index (χ4n) is 2.54. The summed E-state index contributed by atoms with van der Waals surface area (Å²) in [7, 11) is 0.